The second-order valence-electron chi connectivity index (χ2n) is 2.73. The lowest BCUT2D eigenvalue weighted by Crippen LogP contribution is -2.01. The van der Waals surface area contributed by atoms with E-state index in [4.69, 9.17) is 5.73 Å². The highest BCUT2D eigenvalue weighted by molar-refractivity contribution is 7.84. The van der Waals surface area contributed by atoms with Crippen LogP contribution in [0.15, 0.2) is 24.3 Å². The normalized spacial score (nSPS) is 12.8. The van der Waals surface area contributed by atoms with Crippen molar-refractivity contribution in [2.75, 3.05) is 17.7 Å². The number of hydrogen-bond acceptors (Lipinski definition) is 2. The monoisotopic (exact) mass is 183 g/mol. The molecule has 2 N–H and O–H groups in total. The summed E-state index contributed by atoms with van der Waals surface area (Å²) in [6, 6.07) is 7.70. The molecule has 0 aliphatic carbocycles. The van der Waals surface area contributed by atoms with Crippen LogP contribution in [-0.4, -0.2) is 16.2 Å². The fourth-order valence-electron chi connectivity index (χ4n) is 1.02. The Morgan fingerprint density at radius 2 is 2.08 bits per heavy atom. The van der Waals surface area contributed by atoms with Gasteiger partial charge in [-0.05, 0) is 18.1 Å². The van der Waals surface area contributed by atoms with E-state index in [1.807, 2.05) is 24.3 Å². The van der Waals surface area contributed by atoms with Crippen LogP contribution in [0.3, 0.4) is 0 Å². The molecule has 0 aliphatic rings. The first kappa shape index (κ1) is 9.26. The summed E-state index contributed by atoms with van der Waals surface area (Å²) < 4.78 is 10.8. The summed E-state index contributed by atoms with van der Waals surface area (Å²) in [5.41, 5.74) is 7.59. The first-order chi connectivity index (χ1) is 5.70. The lowest BCUT2D eigenvalue weighted by Gasteiger charge is -2.02. The molecule has 1 atom stereocenters. The Morgan fingerprint density at radius 1 is 1.42 bits per heavy atom. The quantitative estimate of drug-likeness (QED) is 0.715. The van der Waals surface area contributed by atoms with Gasteiger partial charge in [0.1, 0.15) is 0 Å². The van der Waals surface area contributed by atoms with Crippen LogP contribution in [0, 0.1) is 0 Å². The van der Waals surface area contributed by atoms with Gasteiger partial charge in [0.2, 0.25) is 0 Å². The minimum Gasteiger partial charge on any atom is -0.399 e. The van der Waals surface area contributed by atoms with Gasteiger partial charge in [-0.25, -0.2) is 0 Å². The van der Waals surface area contributed by atoms with Gasteiger partial charge < -0.3 is 5.73 Å². The molecule has 0 amide bonds. The minimum absolute atomic E-state index is 0.689. The zero-order valence-corrected chi connectivity index (χ0v) is 7.93. The molecule has 0 aliphatic heterocycles. The van der Waals surface area contributed by atoms with Crippen LogP contribution in [-0.2, 0) is 17.2 Å². The van der Waals surface area contributed by atoms with Gasteiger partial charge in [-0.2, -0.15) is 0 Å². The number of benzene rings is 1. The summed E-state index contributed by atoms with van der Waals surface area (Å²) in [4.78, 5) is 0. The molecule has 12 heavy (non-hydrogen) atoms. The van der Waals surface area contributed by atoms with E-state index in [1.165, 1.54) is 0 Å². The number of nitrogens with two attached hydrogens (primary N) is 1. The maximum Gasteiger partial charge on any atom is 0.0346 e. The maximum atomic E-state index is 10.8. The highest BCUT2D eigenvalue weighted by Gasteiger charge is 1.98. The molecule has 1 rings (SSSR count). The Kier molecular flexibility index (Phi) is 3.29. The van der Waals surface area contributed by atoms with Crippen molar-refractivity contribution in [3.05, 3.63) is 29.8 Å². The van der Waals surface area contributed by atoms with Gasteiger partial charge in [0.25, 0.3) is 0 Å². The largest absolute Gasteiger partial charge is 0.399 e. The predicted octanol–water partition coefficient (Wildman–Crippen LogP) is 1.19. The van der Waals surface area contributed by atoms with Gasteiger partial charge in [-0.1, -0.05) is 18.2 Å². The van der Waals surface area contributed by atoms with Crippen molar-refractivity contribution in [2.45, 2.75) is 6.42 Å². The predicted molar refractivity (Wildman–Crippen MR) is 53.5 cm³/mol. The highest BCUT2D eigenvalue weighted by Crippen LogP contribution is 2.10. The van der Waals surface area contributed by atoms with Crippen molar-refractivity contribution in [1.82, 2.24) is 0 Å². The van der Waals surface area contributed by atoms with Crippen LogP contribution in [0.5, 0.6) is 0 Å². The van der Waals surface area contributed by atoms with Crippen LogP contribution in [0.1, 0.15) is 5.56 Å². The molecular formula is C9H13NOS. The fourth-order valence-corrected chi connectivity index (χ4v) is 1.52. The van der Waals surface area contributed by atoms with Gasteiger partial charge in [-0.3, -0.25) is 4.21 Å². The summed E-state index contributed by atoms with van der Waals surface area (Å²) in [7, 11) is -0.730. The molecule has 0 spiro atoms. The molecule has 0 bridgehead atoms. The Morgan fingerprint density at radius 3 is 2.67 bits per heavy atom. The first-order valence-corrected chi connectivity index (χ1v) is 5.56. The molecule has 0 aromatic heterocycles. The molecule has 0 radical (unpaired) electrons. The van der Waals surface area contributed by atoms with Crippen molar-refractivity contribution < 1.29 is 4.21 Å². The Bertz CT molecular complexity index is 286. The van der Waals surface area contributed by atoms with Gasteiger partial charge >= 0.3 is 0 Å². The number of para-hydroxylation sites is 1. The van der Waals surface area contributed by atoms with Gasteiger partial charge in [0.05, 0.1) is 0 Å². The standard InChI is InChI=1S/C9H13NOS/c1-12(11)7-6-8-4-2-3-5-9(8)10/h2-5H,6-7,10H2,1H3. The van der Waals surface area contributed by atoms with Crippen LogP contribution >= 0.6 is 0 Å². The number of aryl methyl sites for hydroxylation is 1. The second-order valence-corrected chi connectivity index (χ2v) is 4.28. The van der Waals surface area contributed by atoms with E-state index in [0.717, 1.165) is 17.7 Å². The van der Waals surface area contributed by atoms with Crippen molar-refractivity contribution >= 4 is 16.5 Å². The van der Waals surface area contributed by atoms with Crippen LogP contribution in [0.25, 0.3) is 0 Å². The van der Waals surface area contributed by atoms with E-state index < -0.39 is 10.8 Å². The zero-order chi connectivity index (χ0) is 8.97. The summed E-state index contributed by atoms with van der Waals surface area (Å²) in [5.74, 6) is 0.689. The molecule has 1 aromatic rings. The molecule has 66 valence electrons. The first-order valence-electron chi connectivity index (χ1n) is 3.83. The van der Waals surface area contributed by atoms with Gasteiger partial charge in [0.15, 0.2) is 0 Å². The lowest BCUT2D eigenvalue weighted by molar-refractivity contribution is 0.686. The van der Waals surface area contributed by atoms with E-state index in [-0.39, 0.29) is 0 Å². The Labute approximate surface area is 75.2 Å². The van der Waals surface area contributed by atoms with E-state index >= 15 is 0 Å². The number of rotatable bonds is 3. The van der Waals surface area contributed by atoms with Crippen LogP contribution < -0.4 is 5.73 Å². The van der Waals surface area contributed by atoms with Crippen molar-refractivity contribution in [1.29, 1.82) is 0 Å². The third kappa shape index (κ3) is 2.66. The Balaban J connectivity index is 2.63. The average molecular weight is 183 g/mol. The summed E-state index contributed by atoms with van der Waals surface area (Å²) in [6.07, 6.45) is 2.51. The lowest BCUT2D eigenvalue weighted by atomic mass is 10.1. The maximum absolute atomic E-state index is 10.8. The van der Waals surface area contributed by atoms with Crippen LogP contribution in [0.4, 0.5) is 5.69 Å². The fraction of sp³-hybridized carbons (Fsp3) is 0.333. The molecule has 0 saturated carbocycles. The molecular weight excluding hydrogens is 170 g/mol. The van der Waals surface area contributed by atoms with Crippen molar-refractivity contribution in [2.24, 2.45) is 0 Å². The molecule has 0 fully saturated rings. The van der Waals surface area contributed by atoms with Crippen molar-refractivity contribution in [3.63, 3.8) is 0 Å². The molecule has 3 heteroatoms. The second kappa shape index (κ2) is 4.26. The molecule has 0 heterocycles. The van der Waals surface area contributed by atoms with E-state index in [2.05, 4.69) is 0 Å². The summed E-state index contributed by atoms with van der Waals surface area (Å²) in [6.45, 7) is 0. The highest BCUT2D eigenvalue weighted by atomic mass is 32.2. The third-order valence-electron chi connectivity index (χ3n) is 1.71. The smallest absolute Gasteiger partial charge is 0.0346 e. The molecule has 1 aromatic carbocycles. The van der Waals surface area contributed by atoms with E-state index in [0.29, 0.717) is 5.75 Å². The Hall–Kier alpha value is -0.830. The molecule has 2 nitrogen and oxygen atoms in total. The third-order valence-corrected chi connectivity index (χ3v) is 2.49. The SMILES string of the molecule is CS(=O)CCc1ccccc1N. The minimum atomic E-state index is -0.730. The van der Waals surface area contributed by atoms with Gasteiger partial charge in [-0.15, -0.1) is 0 Å². The average Bonchev–Trinajstić information content (AvgIpc) is 2.03. The summed E-state index contributed by atoms with van der Waals surface area (Å²) >= 11 is 0. The van der Waals surface area contributed by atoms with Crippen LogP contribution in [0.2, 0.25) is 0 Å². The van der Waals surface area contributed by atoms with Crippen molar-refractivity contribution in [3.8, 4) is 0 Å². The molecule has 1 unspecified atom stereocenters. The molecule has 0 saturated heterocycles. The number of nitrogen functional groups attached to an aromatic ring is 1. The zero-order valence-electron chi connectivity index (χ0n) is 7.12. The number of hydrogen-bond donors (Lipinski definition) is 1. The topological polar surface area (TPSA) is 43.1 Å². The number of anilines is 1. The van der Waals surface area contributed by atoms with E-state index in [9.17, 15) is 4.21 Å². The summed E-state index contributed by atoms with van der Waals surface area (Å²) in [5, 5.41) is 0. The van der Waals surface area contributed by atoms with Gasteiger partial charge in [0, 0.05) is 28.5 Å². The van der Waals surface area contributed by atoms with E-state index in [1.54, 1.807) is 6.26 Å².